The Kier molecular flexibility index (Phi) is 5.34. The van der Waals surface area contributed by atoms with E-state index in [1.807, 2.05) is 0 Å². The zero-order valence-corrected chi connectivity index (χ0v) is 18.9. The largest absolute Gasteiger partial charge is 0.481 e. The molecule has 0 atom stereocenters. The predicted molar refractivity (Wildman–Crippen MR) is 123 cm³/mol. The normalized spacial score (nSPS) is 16.8. The number of anilines is 3. The van der Waals surface area contributed by atoms with Gasteiger partial charge in [-0.15, -0.1) is 11.3 Å². The Bertz CT molecular complexity index is 1290. The predicted octanol–water partition coefficient (Wildman–Crippen LogP) is 3.19. The molecule has 2 aromatic heterocycles. The Balaban J connectivity index is 1.52. The molecular weight excluding hydrogens is 448 g/mol. The average Bonchev–Trinajstić information content (AvgIpc) is 3.22. The summed E-state index contributed by atoms with van der Waals surface area (Å²) >= 11 is 1.76. The summed E-state index contributed by atoms with van der Waals surface area (Å²) in [7, 11) is -3.49. The number of carboxylic acid groups (broad SMARTS) is 1. The number of aliphatic carboxylic acids is 1. The molecule has 0 unspecified atom stereocenters. The first-order chi connectivity index (χ1) is 15.4. The monoisotopic (exact) mass is 470 g/mol. The van der Waals surface area contributed by atoms with Crippen LogP contribution >= 0.6 is 11.3 Å². The van der Waals surface area contributed by atoms with Crippen LogP contribution in [0.3, 0.4) is 0 Å². The van der Waals surface area contributed by atoms with Crippen molar-refractivity contribution in [3.63, 3.8) is 0 Å². The van der Waals surface area contributed by atoms with Gasteiger partial charge in [-0.3, -0.25) is 4.79 Å². The van der Waals surface area contributed by atoms with Crippen LogP contribution in [0.4, 0.5) is 17.5 Å². The lowest BCUT2D eigenvalue weighted by Gasteiger charge is -2.29. The first-order valence-electron chi connectivity index (χ1n) is 10.4. The summed E-state index contributed by atoms with van der Waals surface area (Å²) in [5.74, 6) is -0.00665. The average molecular weight is 471 g/mol. The molecule has 5 rings (SSSR count). The summed E-state index contributed by atoms with van der Waals surface area (Å²) in [5.41, 5.74) is 3.13. The van der Waals surface area contributed by atoms with Crippen molar-refractivity contribution in [2.45, 2.75) is 37.1 Å². The zero-order valence-electron chi connectivity index (χ0n) is 17.2. The zero-order chi connectivity index (χ0) is 22.3. The molecule has 2 aliphatic heterocycles. The van der Waals surface area contributed by atoms with Crippen LogP contribution in [-0.4, -0.2) is 41.8 Å². The van der Waals surface area contributed by atoms with Gasteiger partial charge in [0.25, 0.3) is 0 Å². The van der Waals surface area contributed by atoms with Crippen LogP contribution in [0.1, 0.15) is 28.1 Å². The molecule has 2 aliphatic rings. The smallest absolute Gasteiger partial charge is 0.307 e. The quantitative estimate of drug-likeness (QED) is 0.585. The number of nitrogens with one attached hydrogen (secondary N) is 1. The summed E-state index contributed by atoms with van der Waals surface area (Å²) in [6.07, 6.45) is 1.98. The Morgan fingerprint density at radius 2 is 1.97 bits per heavy atom. The highest BCUT2D eigenvalue weighted by molar-refractivity contribution is 7.91. The van der Waals surface area contributed by atoms with Crippen molar-refractivity contribution < 1.29 is 18.3 Å². The molecule has 0 fully saturated rings. The van der Waals surface area contributed by atoms with E-state index in [0.717, 1.165) is 13.0 Å². The molecule has 0 amide bonds. The minimum atomic E-state index is -3.49. The van der Waals surface area contributed by atoms with Gasteiger partial charge in [0.2, 0.25) is 5.95 Å². The van der Waals surface area contributed by atoms with Crippen LogP contribution in [0, 0.1) is 0 Å². The second kappa shape index (κ2) is 8.18. The first-order valence-corrected chi connectivity index (χ1v) is 12.9. The number of fused-ring (bicyclic) bond motifs is 2. The number of nitrogens with zero attached hydrogens (tertiary/aromatic N) is 3. The number of thiophene rings is 1. The molecule has 0 bridgehead atoms. The topological polar surface area (TPSA) is 112 Å². The van der Waals surface area contributed by atoms with E-state index in [9.17, 15) is 13.2 Å². The van der Waals surface area contributed by atoms with Crippen molar-refractivity contribution in [3.8, 4) is 0 Å². The van der Waals surface area contributed by atoms with Gasteiger partial charge in [0, 0.05) is 23.7 Å². The van der Waals surface area contributed by atoms with E-state index in [-0.39, 0.29) is 22.9 Å². The number of aryl methyl sites for hydroxylation is 1. The molecule has 3 aromatic rings. The number of rotatable bonds is 5. The Morgan fingerprint density at radius 3 is 2.75 bits per heavy atom. The maximum absolute atomic E-state index is 12.9. The molecule has 166 valence electrons. The lowest BCUT2D eigenvalue weighted by Crippen LogP contribution is -2.32. The fourth-order valence-electron chi connectivity index (χ4n) is 4.17. The van der Waals surface area contributed by atoms with Gasteiger partial charge in [-0.25, -0.2) is 13.4 Å². The number of benzene rings is 1. The van der Waals surface area contributed by atoms with Gasteiger partial charge in [0.05, 0.1) is 17.9 Å². The summed E-state index contributed by atoms with van der Waals surface area (Å²) < 4.78 is 25.8. The van der Waals surface area contributed by atoms with Crippen LogP contribution in [0.2, 0.25) is 0 Å². The van der Waals surface area contributed by atoms with Gasteiger partial charge < -0.3 is 15.3 Å². The molecule has 2 N–H and O–H groups in total. The molecular formula is C22H22N4O4S2. The highest BCUT2D eigenvalue weighted by Gasteiger charge is 2.31. The van der Waals surface area contributed by atoms with E-state index in [0.29, 0.717) is 42.3 Å². The van der Waals surface area contributed by atoms with Gasteiger partial charge in [0.1, 0.15) is 4.90 Å². The molecule has 4 heterocycles. The Hall–Kier alpha value is -2.98. The summed E-state index contributed by atoms with van der Waals surface area (Å²) in [6, 6.07) is 9.01. The maximum Gasteiger partial charge on any atom is 0.307 e. The Morgan fingerprint density at radius 1 is 1.16 bits per heavy atom. The second-order valence-corrected chi connectivity index (χ2v) is 11.1. The third kappa shape index (κ3) is 4.07. The van der Waals surface area contributed by atoms with Gasteiger partial charge in [-0.2, -0.15) is 4.98 Å². The van der Waals surface area contributed by atoms with Gasteiger partial charge >= 0.3 is 5.97 Å². The SMILES string of the molecule is O=C(O)Cc1ccc(Nc2nc(N3CCc4sccc4C3)nc3c2S(=O)(=O)CCC3)cc1. The number of carboxylic acids is 1. The number of aromatic nitrogens is 2. The van der Waals surface area contributed by atoms with Crippen molar-refractivity contribution in [1.29, 1.82) is 0 Å². The fourth-order valence-corrected chi connectivity index (χ4v) is 6.69. The van der Waals surface area contributed by atoms with E-state index in [2.05, 4.69) is 31.6 Å². The first kappa shape index (κ1) is 20.9. The molecule has 10 heteroatoms. The van der Waals surface area contributed by atoms with Crippen molar-refractivity contribution in [2.24, 2.45) is 0 Å². The third-order valence-corrected chi connectivity index (χ3v) is 8.62. The van der Waals surface area contributed by atoms with Crippen LogP contribution in [0.25, 0.3) is 0 Å². The van der Waals surface area contributed by atoms with Crippen molar-refractivity contribution in [1.82, 2.24) is 9.97 Å². The minimum absolute atomic E-state index is 0.0682. The molecule has 32 heavy (non-hydrogen) atoms. The Labute approximate surface area is 189 Å². The molecule has 8 nitrogen and oxygen atoms in total. The number of hydrogen-bond donors (Lipinski definition) is 2. The van der Waals surface area contributed by atoms with Gasteiger partial charge in [0.15, 0.2) is 15.7 Å². The van der Waals surface area contributed by atoms with E-state index in [1.165, 1.54) is 10.4 Å². The molecule has 0 saturated carbocycles. The van der Waals surface area contributed by atoms with Crippen LogP contribution in [-0.2, 0) is 40.4 Å². The number of carbonyl (C=O) groups is 1. The van der Waals surface area contributed by atoms with Gasteiger partial charge in [-0.1, -0.05) is 12.1 Å². The lowest BCUT2D eigenvalue weighted by atomic mass is 10.1. The molecule has 0 saturated heterocycles. The molecule has 0 spiro atoms. The summed E-state index contributed by atoms with van der Waals surface area (Å²) in [6.45, 7) is 1.48. The molecule has 0 aliphatic carbocycles. The van der Waals surface area contributed by atoms with Crippen LogP contribution < -0.4 is 10.2 Å². The number of sulfone groups is 1. The summed E-state index contributed by atoms with van der Waals surface area (Å²) in [5, 5.41) is 14.2. The molecule has 0 radical (unpaired) electrons. The van der Waals surface area contributed by atoms with E-state index in [4.69, 9.17) is 5.11 Å². The fraction of sp³-hybridized carbons (Fsp3) is 0.318. The third-order valence-electron chi connectivity index (χ3n) is 5.72. The van der Waals surface area contributed by atoms with Crippen molar-refractivity contribution in [3.05, 3.63) is 57.4 Å². The van der Waals surface area contributed by atoms with Crippen LogP contribution in [0.15, 0.2) is 40.6 Å². The standard InChI is InChI=1S/C22H22N4O4S2/c27-19(28)12-14-3-5-16(6-4-14)23-21-20-17(2-1-11-32(20,29)30)24-22(25-21)26-9-7-18-15(13-26)8-10-31-18/h3-6,8,10H,1-2,7,9,11-13H2,(H,27,28)(H,23,24,25). The molecule has 1 aromatic carbocycles. The second-order valence-electron chi connectivity index (χ2n) is 8.00. The summed E-state index contributed by atoms with van der Waals surface area (Å²) in [4.78, 5) is 23.9. The highest BCUT2D eigenvalue weighted by Crippen LogP contribution is 2.34. The van der Waals surface area contributed by atoms with E-state index in [1.54, 1.807) is 35.6 Å². The van der Waals surface area contributed by atoms with E-state index < -0.39 is 15.8 Å². The van der Waals surface area contributed by atoms with Crippen LogP contribution in [0.5, 0.6) is 0 Å². The minimum Gasteiger partial charge on any atom is -0.481 e. The number of hydrogen-bond acceptors (Lipinski definition) is 8. The van der Waals surface area contributed by atoms with Gasteiger partial charge in [-0.05, 0) is 54.0 Å². The maximum atomic E-state index is 12.9. The van der Waals surface area contributed by atoms with Crippen molar-refractivity contribution in [2.75, 3.05) is 22.5 Å². The highest BCUT2D eigenvalue weighted by atomic mass is 32.2. The van der Waals surface area contributed by atoms with Crippen molar-refractivity contribution >= 4 is 44.6 Å². The van der Waals surface area contributed by atoms with E-state index >= 15 is 0 Å². The lowest BCUT2D eigenvalue weighted by molar-refractivity contribution is -0.136.